The van der Waals surface area contributed by atoms with Crippen molar-refractivity contribution < 1.29 is 27.4 Å². The van der Waals surface area contributed by atoms with Crippen molar-refractivity contribution in [2.24, 2.45) is 0 Å². The summed E-state index contributed by atoms with van der Waals surface area (Å²) in [6.45, 7) is 7.36. The Morgan fingerprint density at radius 2 is 1.88 bits per heavy atom. The van der Waals surface area contributed by atoms with Gasteiger partial charge in [-0.1, -0.05) is 19.9 Å². The topological polar surface area (TPSA) is 50.8 Å². The predicted octanol–water partition coefficient (Wildman–Crippen LogP) is 5.13. The first-order chi connectivity index (χ1) is 14.5. The van der Waals surface area contributed by atoms with Crippen molar-refractivity contribution >= 4 is 24.0 Å². The molecule has 0 radical (unpaired) electrons. The summed E-state index contributed by atoms with van der Waals surface area (Å²) < 4.78 is 49.8. The van der Waals surface area contributed by atoms with E-state index < -0.39 is 17.6 Å². The molecule has 1 heterocycles. The van der Waals surface area contributed by atoms with Gasteiger partial charge in [0.05, 0.1) is 19.3 Å². The molecule has 0 bridgehead atoms. The average molecular weight is 473 g/mol. The molecule has 0 aromatic heterocycles. The molecule has 0 spiro atoms. The zero-order chi connectivity index (χ0) is 22.8. The molecule has 0 saturated carbocycles. The Balaban J connectivity index is 0.00000363. The molecule has 0 unspecified atom stereocenters. The summed E-state index contributed by atoms with van der Waals surface area (Å²) in [5.74, 6) is -0.935. The third-order valence-electron chi connectivity index (χ3n) is 5.48. The number of amides is 1. The van der Waals surface area contributed by atoms with Crippen LogP contribution in [0.4, 0.5) is 18.9 Å². The Hall–Kier alpha value is -2.29. The number of anilines is 1. The summed E-state index contributed by atoms with van der Waals surface area (Å²) in [6.07, 6.45) is -4.62. The minimum absolute atomic E-state index is 0. The van der Waals surface area contributed by atoms with E-state index in [-0.39, 0.29) is 29.1 Å². The van der Waals surface area contributed by atoms with Crippen LogP contribution in [0.2, 0.25) is 0 Å². The number of fused-ring (bicyclic) bond motifs is 1. The van der Waals surface area contributed by atoms with Crippen LogP contribution in [0.1, 0.15) is 40.9 Å². The number of rotatable bonds is 6. The summed E-state index contributed by atoms with van der Waals surface area (Å²) in [5.41, 5.74) is 1.68. The van der Waals surface area contributed by atoms with Crippen LogP contribution in [0, 0.1) is 0 Å². The second kappa shape index (κ2) is 10.1. The first-order valence-corrected chi connectivity index (χ1v) is 9.96. The maximum atomic E-state index is 13.3. The van der Waals surface area contributed by atoms with Crippen LogP contribution >= 0.6 is 12.4 Å². The molecule has 1 amide bonds. The van der Waals surface area contributed by atoms with Gasteiger partial charge < -0.3 is 14.8 Å². The number of ether oxygens (including phenoxy) is 2. The van der Waals surface area contributed by atoms with Crippen LogP contribution in [0.15, 0.2) is 36.4 Å². The molecule has 0 saturated heterocycles. The van der Waals surface area contributed by atoms with Crippen LogP contribution in [0.5, 0.6) is 5.75 Å². The molecule has 1 aliphatic heterocycles. The molecular formula is C23H28ClF3N2O3. The lowest BCUT2D eigenvalue weighted by atomic mass is 9.78. The molecule has 0 atom stereocenters. The SMILES string of the molecule is COCCN1Cc2cc(NC(=O)c3ccc(OC)c(C(F)(F)F)c3)ccc2C(C)(C)C1.Cl. The second-order valence-corrected chi connectivity index (χ2v) is 8.33. The van der Waals surface area contributed by atoms with E-state index in [1.807, 2.05) is 12.1 Å². The third-order valence-corrected chi connectivity index (χ3v) is 5.48. The fourth-order valence-electron chi connectivity index (χ4n) is 4.06. The molecule has 5 nitrogen and oxygen atoms in total. The lowest BCUT2D eigenvalue weighted by Gasteiger charge is -2.40. The maximum absolute atomic E-state index is 13.3. The van der Waals surface area contributed by atoms with Crippen molar-refractivity contribution in [2.75, 3.05) is 39.2 Å². The molecule has 2 aromatic carbocycles. The highest BCUT2D eigenvalue weighted by molar-refractivity contribution is 6.04. The summed E-state index contributed by atoms with van der Waals surface area (Å²) in [7, 11) is 2.83. The molecule has 0 aliphatic carbocycles. The van der Waals surface area contributed by atoms with E-state index in [0.717, 1.165) is 37.9 Å². The zero-order valence-electron chi connectivity index (χ0n) is 18.5. The predicted molar refractivity (Wildman–Crippen MR) is 120 cm³/mol. The Kier molecular flexibility index (Phi) is 8.20. The first kappa shape index (κ1) is 26.0. The number of carbonyl (C=O) groups excluding carboxylic acids is 1. The number of nitrogens with zero attached hydrogens (tertiary/aromatic N) is 1. The highest BCUT2D eigenvalue weighted by Crippen LogP contribution is 2.37. The average Bonchev–Trinajstić information content (AvgIpc) is 2.70. The first-order valence-electron chi connectivity index (χ1n) is 9.96. The van der Waals surface area contributed by atoms with Crippen molar-refractivity contribution in [3.05, 3.63) is 58.7 Å². The van der Waals surface area contributed by atoms with Gasteiger partial charge in [-0.3, -0.25) is 9.69 Å². The Labute approximate surface area is 192 Å². The van der Waals surface area contributed by atoms with Gasteiger partial charge in [-0.2, -0.15) is 13.2 Å². The lowest BCUT2D eigenvalue weighted by molar-refractivity contribution is -0.138. The normalized spacial score (nSPS) is 15.5. The molecule has 0 fully saturated rings. The van der Waals surface area contributed by atoms with E-state index in [4.69, 9.17) is 9.47 Å². The zero-order valence-corrected chi connectivity index (χ0v) is 19.3. The van der Waals surface area contributed by atoms with Crippen molar-refractivity contribution in [1.82, 2.24) is 4.90 Å². The smallest absolute Gasteiger partial charge is 0.419 e. The van der Waals surface area contributed by atoms with Crippen molar-refractivity contribution in [2.45, 2.75) is 32.0 Å². The van der Waals surface area contributed by atoms with Gasteiger partial charge in [0.15, 0.2) is 0 Å². The van der Waals surface area contributed by atoms with E-state index in [9.17, 15) is 18.0 Å². The van der Waals surface area contributed by atoms with E-state index >= 15 is 0 Å². The number of benzene rings is 2. The van der Waals surface area contributed by atoms with Gasteiger partial charge in [0.25, 0.3) is 5.91 Å². The van der Waals surface area contributed by atoms with E-state index in [2.05, 4.69) is 24.1 Å². The summed E-state index contributed by atoms with van der Waals surface area (Å²) in [5, 5.41) is 2.72. The molecule has 176 valence electrons. The van der Waals surface area contributed by atoms with Crippen LogP contribution in [-0.2, 0) is 22.9 Å². The van der Waals surface area contributed by atoms with Crippen molar-refractivity contribution in [3.63, 3.8) is 0 Å². The molecule has 1 N–H and O–H groups in total. The summed E-state index contributed by atoms with van der Waals surface area (Å²) in [4.78, 5) is 14.9. The highest BCUT2D eigenvalue weighted by atomic mass is 35.5. The molecule has 32 heavy (non-hydrogen) atoms. The monoisotopic (exact) mass is 472 g/mol. The maximum Gasteiger partial charge on any atom is 0.419 e. The number of hydrogen-bond donors (Lipinski definition) is 1. The highest BCUT2D eigenvalue weighted by Gasteiger charge is 2.35. The quantitative estimate of drug-likeness (QED) is 0.633. The summed E-state index contributed by atoms with van der Waals surface area (Å²) in [6, 6.07) is 8.94. The minimum Gasteiger partial charge on any atom is -0.496 e. The van der Waals surface area contributed by atoms with Crippen LogP contribution in [0.25, 0.3) is 0 Å². The molecule has 1 aliphatic rings. The van der Waals surface area contributed by atoms with Crippen LogP contribution in [-0.4, -0.2) is 44.7 Å². The Morgan fingerprint density at radius 1 is 1.16 bits per heavy atom. The molecule has 3 rings (SSSR count). The lowest BCUT2D eigenvalue weighted by Crippen LogP contribution is -2.43. The van der Waals surface area contributed by atoms with Crippen LogP contribution < -0.4 is 10.1 Å². The number of halogens is 4. The molecule has 2 aromatic rings. The van der Waals surface area contributed by atoms with Gasteiger partial charge in [-0.25, -0.2) is 0 Å². The standard InChI is InChI=1S/C23H27F3N2O3.ClH/c1-22(2)14-28(9-10-30-3)13-16-11-17(6-7-18(16)22)27-21(29)15-5-8-20(31-4)19(12-15)23(24,25)26;/h5-8,11-12H,9-10,13-14H2,1-4H3,(H,27,29);1H. The largest absolute Gasteiger partial charge is 0.496 e. The van der Waals surface area contributed by atoms with Gasteiger partial charge >= 0.3 is 6.18 Å². The van der Waals surface area contributed by atoms with E-state index in [1.54, 1.807) is 13.2 Å². The van der Waals surface area contributed by atoms with E-state index in [1.165, 1.54) is 11.6 Å². The number of carbonyl (C=O) groups is 1. The molecular weight excluding hydrogens is 445 g/mol. The van der Waals surface area contributed by atoms with Crippen LogP contribution in [0.3, 0.4) is 0 Å². The fraction of sp³-hybridized carbons (Fsp3) is 0.435. The minimum atomic E-state index is -4.62. The number of hydrogen-bond acceptors (Lipinski definition) is 4. The molecule has 9 heteroatoms. The second-order valence-electron chi connectivity index (χ2n) is 8.33. The van der Waals surface area contributed by atoms with Gasteiger partial charge in [0.2, 0.25) is 0 Å². The summed E-state index contributed by atoms with van der Waals surface area (Å²) >= 11 is 0. The van der Waals surface area contributed by atoms with E-state index in [0.29, 0.717) is 18.8 Å². The number of alkyl halides is 3. The number of nitrogens with one attached hydrogen (secondary N) is 1. The Morgan fingerprint density at radius 3 is 2.50 bits per heavy atom. The number of methoxy groups -OCH3 is 2. The fourth-order valence-corrected chi connectivity index (χ4v) is 4.06. The van der Waals surface area contributed by atoms with Crippen molar-refractivity contribution in [3.8, 4) is 5.75 Å². The van der Waals surface area contributed by atoms with Gasteiger partial charge in [0, 0.05) is 43.4 Å². The third kappa shape index (κ3) is 5.74. The Bertz CT molecular complexity index is 964. The van der Waals surface area contributed by atoms with Gasteiger partial charge in [-0.05, 0) is 41.5 Å². The van der Waals surface area contributed by atoms with Gasteiger partial charge in [-0.15, -0.1) is 12.4 Å². The van der Waals surface area contributed by atoms with Crippen molar-refractivity contribution in [1.29, 1.82) is 0 Å². The van der Waals surface area contributed by atoms with Gasteiger partial charge in [0.1, 0.15) is 5.75 Å².